The predicted octanol–water partition coefficient (Wildman–Crippen LogP) is 3.01. The number of azo groups is 2. The van der Waals surface area contributed by atoms with Crippen molar-refractivity contribution in [2.24, 2.45) is 20.5 Å². The molecule has 0 bridgehead atoms. The second-order valence-electron chi connectivity index (χ2n) is 7.87. The summed E-state index contributed by atoms with van der Waals surface area (Å²) in [6.45, 7) is 11.8. The van der Waals surface area contributed by atoms with Gasteiger partial charge in [-0.2, -0.15) is 0 Å². The van der Waals surface area contributed by atoms with Gasteiger partial charge >= 0.3 is 46.3 Å². The fourth-order valence-corrected chi connectivity index (χ4v) is 3.53. The average molecular weight is 599 g/mol. The van der Waals surface area contributed by atoms with Crippen molar-refractivity contribution in [3.63, 3.8) is 0 Å². The van der Waals surface area contributed by atoms with Crippen molar-refractivity contribution in [3.05, 3.63) is 60.9 Å². The van der Waals surface area contributed by atoms with Crippen LogP contribution in [-0.4, -0.2) is 46.6 Å². The van der Waals surface area contributed by atoms with Gasteiger partial charge in [0.1, 0.15) is 22.9 Å². The van der Waals surface area contributed by atoms with E-state index >= 15 is 0 Å². The molecule has 14 heteroatoms. The number of aromatic hydroxyl groups is 2. The number of nitrogens with zero attached hydrogens (tertiary/aromatic N) is 10. The molecule has 40 heavy (non-hydrogen) atoms. The van der Waals surface area contributed by atoms with Crippen molar-refractivity contribution in [1.82, 2.24) is 20.4 Å². The zero-order valence-corrected chi connectivity index (χ0v) is 26.3. The maximum atomic E-state index is 9.94. The summed E-state index contributed by atoms with van der Waals surface area (Å²) in [7, 11) is 0. The number of benzene rings is 2. The Balaban J connectivity index is 0.000000381. The van der Waals surface area contributed by atoms with Crippen LogP contribution < -0.4 is 49.6 Å². The standard InChI is InChI=1S/2C13H16N5O.Co.Na/c2*1-3-18(4-2)10-5-6-11(12(19)9-10)15-17-13-7-8-14-16-13;;/h2*5-9H,3-4H2,1-2H3,(H-,14,15,16,17,19);;/q2*-1;+2;+1. The number of phenols is 2. The third kappa shape index (κ3) is 10.1. The number of anilines is 2. The summed E-state index contributed by atoms with van der Waals surface area (Å²) in [4.78, 5) is 4.28. The molecule has 0 fully saturated rings. The normalized spacial score (nSPS) is 10.5. The first-order chi connectivity index (χ1) is 18.5. The Hall–Kier alpha value is -3.23. The quantitative estimate of drug-likeness (QED) is 0.209. The van der Waals surface area contributed by atoms with Gasteiger partial charge in [-0.15, -0.1) is 0 Å². The van der Waals surface area contributed by atoms with Gasteiger partial charge in [-0.3, -0.25) is 20.4 Å². The summed E-state index contributed by atoms with van der Waals surface area (Å²) >= 11 is 0. The number of aromatic nitrogens is 4. The fraction of sp³-hybridized carbons (Fsp3) is 0.308. The van der Waals surface area contributed by atoms with Crippen molar-refractivity contribution < 1.29 is 56.5 Å². The largest absolute Gasteiger partial charge is 2.00 e. The Bertz CT molecular complexity index is 1210. The number of hydrogen-bond donors (Lipinski definition) is 2. The zero-order chi connectivity index (χ0) is 27.3. The van der Waals surface area contributed by atoms with Crippen molar-refractivity contribution >= 4 is 34.4 Å². The van der Waals surface area contributed by atoms with E-state index in [2.05, 4.69) is 78.3 Å². The molecule has 2 heterocycles. The first-order valence-corrected chi connectivity index (χ1v) is 12.4. The van der Waals surface area contributed by atoms with Gasteiger partial charge in [-0.05, 0) is 75.7 Å². The van der Waals surface area contributed by atoms with E-state index in [4.69, 9.17) is 0 Å². The minimum absolute atomic E-state index is 0. The molecule has 0 atom stereocenters. The molecule has 0 amide bonds. The first-order valence-electron chi connectivity index (χ1n) is 12.4. The van der Waals surface area contributed by atoms with Crippen LogP contribution in [0.2, 0.25) is 0 Å². The Morgan fingerprint density at radius 2 is 1.00 bits per heavy atom. The van der Waals surface area contributed by atoms with Gasteiger partial charge in [0.25, 0.3) is 0 Å². The van der Waals surface area contributed by atoms with Crippen LogP contribution >= 0.6 is 0 Å². The molecule has 0 aliphatic heterocycles. The van der Waals surface area contributed by atoms with Gasteiger partial charge in [0.2, 0.25) is 0 Å². The topological polar surface area (TPSA) is 150 Å². The third-order valence-electron chi connectivity index (χ3n) is 5.60. The maximum Gasteiger partial charge on any atom is 2.00 e. The molecule has 207 valence electrons. The van der Waals surface area contributed by atoms with E-state index < -0.39 is 0 Å². The van der Waals surface area contributed by atoms with Crippen LogP contribution in [0.1, 0.15) is 27.7 Å². The second kappa shape index (κ2) is 18.2. The number of rotatable bonds is 10. The van der Waals surface area contributed by atoms with Gasteiger partial charge in [0, 0.05) is 62.1 Å². The van der Waals surface area contributed by atoms with E-state index in [-0.39, 0.29) is 57.8 Å². The molecule has 2 aromatic carbocycles. The van der Waals surface area contributed by atoms with Crippen LogP contribution in [0.25, 0.3) is 0 Å². The van der Waals surface area contributed by atoms with Crippen molar-refractivity contribution in [3.8, 4) is 11.5 Å². The molecular formula is C26H32CoN10NaO2+. The Morgan fingerprint density at radius 1 is 0.625 bits per heavy atom. The second-order valence-corrected chi connectivity index (χ2v) is 7.87. The zero-order valence-electron chi connectivity index (χ0n) is 23.3. The Labute approximate surface area is 266 Å². The molecule has 1 radical (unpaired) electrons. The molecule has 12 nitrogen and oxygen atoms in total. The minimum atomic E-state index is 0. The molecule has 0 saturated carbocycles. The average Bonchev–Trinajstić information content (AvgIpc) is 3.64. The van der Waals surface area contributed by atoms with Gasteiger partial charge in [0.05, 0.1) is 0 Å². The minimum Gasteiger partial charge on any atom is -0.506 e. The van der Waals surface area contributed by atoms with E-state index in [0.717, 1.165) is 37.6 Å². The fourth-order valence-electron chi connectivity index (χ4n) is 3.53. The van der Waals surface area contributed by atoms with Crippen molar-refractivity contribution in [2.45, 2.75) is 27.7 Å². The van der Waals surface area contributed by atoms with Crippen molar-refractivity contribution in [2.75, 3.05) is 36.0 Å². The molecular weight excluding hydrogens is 566 g/mol. The summed E-state index contributed by atoms with van der Waals surface area (Å²) in [5.74, 6) is 1.06. The number of phenolic OH excluding ortho intramolecular Hbond substituents is 2. The molecule has 2 aromatic heterocycles. The van der Waals surface area contributed by atoms with Crippen LogP contribution in [0.5, 0.6) is 11.5 Å². The SMILES string of the molecule is CCN(CC)c1ccc(N=Nc2ccn[n-]2)c(O)c1.CCN(CC)c1ccc(N=Nc2ccn[n-]2)c(O)c1.[Co+2].[Na+]. The van der Waals surface area contributed by atoms with Crippen LogP contribution in [0, 0.1) is 0 Å². The molecule has 0 aliphatic rings. The molecule has 0 saturated heterocycles. The van der Waals surface area contributed by atoms with E-state index in [1.807, 2.05) is 12.1 Å². The van der Waals surface area contributed by atoms with Crippen LogP contribution in [0.3, 0.4) is 0 Å². The molecule has 0 spiro atoms. The van der Waals surface area contributed by atoms with Crippen LogP contribution in [0.4, 0.5) is 34.4 Å². The first kappa shape index (κ1) is 34.8. The molecule has 0 unspecified atom stereocenters. The molecule has 0 aliphatic carbocycles. The van der Waals surface area contributed by atoms with Gasteiger partial charge in [-0.1, -0.05) is 0 Å². The van der Waals surface area contributed by atoms with Crippen LogP contribution in [-0.2, 0) is 16.8 Å². The van der Waals surface area contributed by atoms with Gasteiger partial charge < -0.3 is 40.4 Å². The maximum absolute atomic E-state index is 9.94. The molecule has 4 aromatic rings. The monoisotopic (exact) mass is 598 g/mol. The summed E-state index contributed by atoms with van der Waals surface area (Å²) in [5, 5.41) is 50.3. The summed E-state index contributed by atoms with van der Waals surface area (Å²) in [6.07, 6.45) is 3.08. The summed E-state index contributed by atoms with van der Waals surface area (Å²) < 4.78 is 0. The Morgan fingerprint density at radius 3 is 1.27 bits per heavy atom. The number of hydrogen-bond acceptors (Lipinski definition) is 10. The third-order valence-corrected chi connectivity index (χ3v) is 5.60. The Kier molecular flexibility index (Phi) is 15.8. The van der Waals surface area contributed by atoms with Gasteiger partial charge in [-0.25, -0.2) is 0 Å². The predicted molar refractivity (Wildman–Crippen MR) is 147 cm³/mol. The van der Waals surface area contributed by atoms with E-state index in [9.17, 15) is 10.2 Å². The van der Waals surface area contributed by atoms with Gasteiger partial charge in [0.15, 0.2) is 0 Å². The molecule has 2 N–H and O–H groups in total. The van der Waals surface area contributed by atoms with E-state index in [1.54, 1.807) is 36.4 Å². The summed E-state index contributed by atoms with van der Waals surface area (Å²) in [5.41, 5.74) is 2.77. The summed E-state index contributed by atoms with van der Waals surface area (Å²) in [6, 6.07) is 14.0. The van der Waals surface area contributed by atoms with E-state index in [1.165, 1.54) is 12.4 Å². The molecule has 4 rings (SSSR count). The smallest absolute Gasteiger partial charge is 0.506 e. The van der Waals surface area contributed by atoms with E-state index in [0.29, 0.717) is 23.0 Å². The van der Waals surface area contributed by atoms with Crippen molar-refractivity contribution in [1.29, 1.82) is 0 Å². The van der Waals surface area contributed by atoms with Crippen LogP contribution in [0.15, 0.2) is 81.4 Å².